The fraction of sp³-hybridized carbons (Fsp3) is 0. The molecule has 294 valence electrons. The van der Waals surface area contributed by atoms with Crippen molar-refractivity contribution in [3.05, 3.63) is 212 Å². The van der Waals surface area contributed by atoms with Crippen LogP contribution in [0.4, 0.5) is 0 Å². The van der Waals surface area contributed by atoms with Crippen molar-refractivity contribution in [2.75, 3.05) is 0 Å². The summed E-state index contributed by atoms with van der Waals surface area (Å²) in [5, 5.41) is 11.8. The minimum atomic E-state index is 0.552. The van der Waals surface area contributed by atoms with E-state index >= 15 is 0 Å². The fourth-order valence-corrected chi connectivity index (χ4v) is 8.07. The molecule has 3 heterocycles. The van der Waals surface area contributed by atoms with Crippen LogP contribution in [-0.2, 0) is 0 Å². The van der Waals surface area contributed by atoms with Crippen molar-refractivity contribution in [2.24, 2.45) is 0 Å². The molecule has 3 aromatic heterocycles. The molecule has 0 saturated heterocycles. The number of nitriles is 1. The second-order valence-electron chi connectivity index (χ2n) is 15.1. The Hall–Kier alpha value is -8.93. The highest BCUT2D eigenvalue weighted by Gasteiger charge is 2.21. The molecule has 8 nitrogen and oxygen atoms in total. The third-order valence-electron chi connectivity index (χ3n) is 11.2. The Bertz CT molecular complexity index is 3380. The van der Waals surface area contributed by atoms with Crippen LogP contribution < -0.4 is 0 Å². The van der Waals surface area contributed by atoms with Crippen molar-refractivity contribution in [2.45, 2.75) is 0 Å². The number of aromatic nitrogens is 7. The molecule has 0 spiro atoms. The van der Waals surface area contributed by atoms with E-state index in [0.29, 0.717) is 40.5 Å². The normalized spacial score (nSPS) is 11.2. The molecule has 0 atom stereocenters. The number of hydrogen-bond acceptors (Lipinski definition) is 7. The molecular weight excluding hydrogens is 773 g/mol. The highest BCUT2D eigenvalue weighted by atomic mass is 15.0. The van der Waals surface area contributed by atoms with Gasteiger partial charge in [0.2, 0.25) is 0 Å². The molecular formula is C55H34N8. The maximum absolute atomic E-state index is 9.68. The molecule has 63 heavy (non-hydrogen) atoms. The summed E-state index contributed by atoms with van der Waals surface area (Å²) >= 11 is 0. The van der Waals surface area contributed by atoms with E-state index in [1.807, 2.05) is 146 Å². The lowest BCUT2D eigenvalue weighted by atomic mass is 9.99. The first-order valence-corrected chi connectivity index (χ1v) is 20.6. The molecule has 11 rings (SSSR count). The van der Waals surface area contributed by atoms with Crippen LogP contribution in [0.15, 0.2) is 206 Å². The van der Waals surface area contributed by atoms with Crippen LogP contribution in [0.2, 0.25) is 0 Å². The van der Waals surface area contributed by atoms with E-state index < -0.39 is 0 Å². The van der Waals surface area contributed by atoms with E-state index in [4.69, 9.17) is 29.9 Å². The summed E-state index contributed by atoms with van der Waals surface area (Å²) < 4.78 is 2.31. The number of nitrogens with zero attached hydrogens (tertiary/aromatic N) is 8. The largest absolute Gasteiger partial charge is 0.309 e. The highest BCUT2D eigenvalue weighted by molar-refractivity contribution is 6.11. The average molecular weight is 807 g/mol. The average Bonchev–Trinajstić information content (AvgIpc) is 3.70. The monoisotopic (exact) mass is 806 g/mol. The van der Waals surface area contributed by atoms with Gasteiger partial charge in [-0.1, -0.05) is 164 Å². The lowest BCUT2D eigenvalue weighted by molar-refractivity contribution is 1.07. The highest BCUT2D eigenvalue weighted by Crippen LogP contribution is 2.40. The summed E-state index contributed by atoms with van der Waals surface area (Å²) in [5.41, 5.74) is 10.8. The van der Waals surface area contributed by atoms with E-state index in [0.717, 1.165) is 72.0 Å². The minimum absolute atomic E-state index is 0.552. The second kappa shape index (κ2) is 15.9. The molecule has 0 unspecified atom stereocenters. The lowest BCUT2D eigenvalue weighted by Crippen LogP contribution is -2.02. The first-order valence-electron chi connectivity index (χ1n) is 20.6. The quantitative estimate of drug-likeness (QED) is 0.150. The standard InChI is InChI=1S/C55H34N8/c56-35-36-25-27-37(28-26-36)44-31-29-43(55-61-52(40-19-9-3-10-20-40)58-53(62-55)41-21-11-4-12-22-41)34-49(44)63-47-24-14-13-23-45(47)46-33-42(30-32-48(46)63)54-59-50(38-15-5-1-6-16-38)57-51(60-54)39-17-7-2-8-18-39/h1-34H. The van der Waals surface area contributed by atoms with Gasteiger partial charge in [0.25, 0.3) is 0 Å². The van der Waals surface area contributed by atoms with Gasteiger partial charge in [0.1, 0.15) is 0 Å². The van der Waals surface area contributed by atoms with Crippen molar-refractivity contribution < 1.29 is 0 Å². The number of benzene rings is 8. The Morgan fingerprint density at radius 2 is 0.698 bits per heavy atom. The molecule has 0 saturated carbocycles. The predicted molar refractivity (Wildman–Crippen MR) is 250 cm³/mol. The van der Waals surface area contributed by atoms with Crippen LogP contribution in [0, 0.1) is 11.3 Å². The molecule has 0 aliphatic carbocycles. The number of fused-ring (bicyclic) bond motifs is 3. The van der Waals surface area contributed by atoms with Gasteiger partial charge in [-0.2, -0.15) is 5.26 Å². The van der Waals surface area contributed by atoms with E-state index in [-0.39, 0.29) is 0 Å². The van der Waals surface area contributed by atoms with Crippen molar-refractivity contribution in [1.29, 1.82) is 5.26 Å². The molecule has 0 amide bonds. The van der Waals surface area contributed by atoms with Crippen LogP contribution in [0.5, 0.6) is 0 Å². The summed E-state index contributed by atoms with van der Waals surface area (Å²) in [7, 11) is 0. The number of hydrogen-bond donors (Lipinski definition) is 0. The van der Waals surface area contributed by atoms with Gasteiger partial charge in [-0.3, -0.25) is 0 Å². The van der Waals surface area contributed by atoms with Crippen LogP contribution in [0.25, 0.3) is 107 Å². The summed E-state index contributed by atoms with van der Waals surface area (Å²) in [5.74, 6) is 3.53. The first-order chi connectivity index (χ1) is 31.2. The molecule has 0 aliphatic rings. The maximum Gasteiger partial charge on any atom is 0.164 e. The molecule has 0 aliphatic heterocycles. The zero-order chi connectivity index (χ0) is 42.1. The molecule has 0 radical (unpaired) electrons. The van der Waals surface area contributed by atoms with Crippen molar-refractivity contribution >= 4 is 21.8 Å². The van der Waals surface area contributed by atoms with Gasteiger partial charge >= 0.3 is 0 Å². The Kier molecular flexibility index (Phi) is 9.37. The number of para-hydroxylation sites is 1. The van der Waals surface area contributed by atoms with E-state index in [2.05, 4.69) is 71.3 Å². The first kappa shape index (κ1) is 37.1. The van der Waals surface area contributed by atoms with E-state index in [1.54, 1.807) is 0 Å². The molecule has 0 bridgehead atoms. The van der Waals surface area contributed by atoms with Gasteiger partial charge in [0.05, 0.1) is 28.4 Å². The summed E-state index contributed by atoms with van der Waals surface area (Å²) in [6.07, 6.45) is 0. The third-order valence-corrected chi connectivity index (χ3v) is 11.2. The Morgan fingerprint density at radius 1 is 0.317 bits per heavy atom. The second-order valence-corrected chi connectivity index (χ2v) is 15.1. The van der Waals surface area contributed by atoms with Crippen LogP contribution in [0.1, 0.15) is 5.56 Å². The summed E-state index contributed by atoms with van der Waals surface area (Å²) in [6.45, 7) is 0. The molecule has 8 heteroatoms. The summed E-state index contributed by atoms with van der Waals surface area (Å²) in [6, 6.07) is 71.2. The van der Waals surface area contributed by atoms with E-state index in [1.165, 1.54) is 0 Å². The lowest BCUT2D eigenvalue weighted by Gasteiger charge is -2.16. The molecule has 8 aromatic carbocycles. The van der Waals surface area contributed by atoms with Gasteiger partial charge in [0, 0.05) is 49.7 Å². The SMILES string of the molecule is N#Cc1ccc(-c2ccc(-c3nc(-c4ccccc4)nc(-c4ccccc4)n3)cc2-n2c3ccccc3c3cc(-c4nc(-c5ccccc5)nc(-c5ccccc5)n4)ccc32)cc1. The molecule has 11 aromatic rings. The van der Waals surface area contributed by atoms with Gasteiger partial charge in [-0.05, 0) is 48.0 Å². The van der Waals surface area contributed by atoms with Crippen molar-refractivity contribution in [3.63, 3.8) is 0 Å². The van der Waals surface area contributed by atoms with Gasteiger partial charge in [-0.25, -0.2) is 29.9 Å². The zero-order valence-corrected chi connectivity index (χ0v) is 33.7. The topological polar surface area (TPSA) is 106 Å². The fourth-order valence-electron chi connectivity index (χ4n) is 8.07. The Labute approximate surface area is 363 Å². The van der Waals surface area contributed by atoms with Crippen molar-refractivity contribution in [3.8, 4) is 91.2 Å². The smallest absolute Gasteiger partial charge is 0.164 e. The van der Waals surface area contributed by atoms with Gasteiger partial charge in [0.15, 0.2) is 34.9 Å². The van der Waals surface area contributed by atoms with Gasteiger partial charge in [-0.15, -0.1) is 0 Å². The zero-order valence-electron chi connectivity index (χ0n) is 33.7. The van der Waals surface area contributed by atoms with Crippen LogP contribution in [-0.4, -0.2) is 34.5 Å². The molecule has 0 N–H and O–H groups in total. The van der Waals surface area contributed by atoms with Gasteiger partial charge < -0.3 is 4.57 Å². The number of rotatable bonds is 8. The maximum atomic E-state index is 9.68. The third kappa shape index (κ3) is 7.05. The van der Waals surface area contributed by atoms with Crippen LogP contribution >= 0.6 is 0 Å². The van der Waals surface area contributed by atoms with E-state index in [9.17, 15) is 5.26 Å². The predicted octanol–water partition coefficient (Wildman–Crippen LogP) is 12.7. The van der Waals surface area contributed by atoms with Crippen LogP contribution in [0.3, 0.4) is 0 Å². The minimum Gasteiger partial charge on any atom is -0.309 e. The van der Waals surface area contributed by atoms with Crippen molar-refractivity contribution in [1.82, 2.24) is 34.5 Å². The molecule has 0 fully saturated rings. The summed E-state index contributed by atoms with van der Waals surface area (Å²) in [4.78, 5) is 30.1. The Morgan fingerprint density at radius 3 is 1.17 bits per heavy atom. The Balaban J connectivity index is 1.13.